The summed E-state index contributed by atoms with van der Waals surface area (Å²) in [5, 5.41) is 23.7. The molecule has 0 radical (unpaired) electrons. The first-order valence-electron chi connectivity index (χ1n) is 26.7. The Morgan fingerprint density at radius 2 is 0.841 bits per heavy atom. The van der Waals surface area contributed by atoms with Gasteiger partial charge in [-0.3, -0.25) is 9.59 Å². The number of unbranched alkanes of at least 4 members (excludes halogenated alkanes) is 24. The number of aliphatic hydroxyl groups is 2. The molecule has 0 aromatic carbocycles. The van der Waals surface area contributed by atoms with E-state index in [1.54, 1.807) is 0 Å². The van der Waals surface area contributed by atoms with Crippen molar-refractivity contribution in [3.05, 3.63) is 72.9 Å². The predicted octanol–water partition coefficient (Wildman–Crippen LogP) is 16.2. The van der Waals surface area contributed by atoms with Gasteiger partial charge in [0.2, 0.25) is 5.91 Å². The lowest BCUT2D eigenvalue weighted by Crippen LogP contribution is -2.46. The van der Waals surface area contributed by atoms with Gasteiger partial charge in [-0.15, -0.1) is 0 Å². The van der Waals surface area contributed by atoms with Crippen LogP contribution in [0.1, 0.15) is 252 Å². The Balaban J connectivity index is 4.71. The maximum absolute atomic E-state index is 13.2. The minimum Gasteiger partial charge on any atom is -0.461 e. The number of rotatable bonds is 47. The molecule has 0 saturated heterocycles. The molecule has 364 valence electrons. The first-order valence-corrected chi connectivity index (χ1v) is 26.7. The minimum atomic E-state index is -0.814. The lowest BCUT2D eigenvalue weighted by Gasteiger charge is -2.24. The van der Waals surface area contributed by atoms with Gasteiger partial charge < -0.3 is 20.3 Å². The van der Waals surface area contributed by atoms with E-state index in [1.807, 2.05) is 6.08 Å². The summed E-state index contributed by atoms with van der Waals surface area (Å²) >= 11 is 0. The third-order valence-corrected chi connectivity index (χ3v) is 11.8. The van der Waals surface area contributed by atoms with Crippen LogP contribution in [0.3, 0.4) is 0 Å². The monoisotopic (exact) mass is 880 g/mol. The number of ether oxygens (including phenoxy) is 1. The number of allylic oxidation sites excluding steroid dienone is 11. The maximum atomic E-state index is 13.2. The van der Waals surface area contributed by atoms with Gasteiger partial charge in [0.25, 0.3) is 0 Å². The SMILES string of the molecule is CCCCC/C=C\C/C=C\C/C=C\C/C=C\CC(CC(=O)NC(CO)C(O)CCCCCCCCCCCCCC)OC(=O)CCCCCCCCC/C=C\C/C=C\CCCCC. The number of carbonyl (C=O) groups is 2. The van der Waals surface area contributed by atoms with Gasteiger partial charge in [0.15, 0.2) is 0 Å². The van der Waals surface area contributed by atoms with Crippen molar-refractivity contribution in [2.45, 2.75) is 270 Å². The van der Waals surface area contributed by atoms with Gasteiger partial charge in [-0.2, -0.15) is 0 Å². The maximum Gasteiger partial charge on any atom is 0.306 e. The van der Waals surface area contributed by atoms with Crippen molar-refractivity contribution in [2.75, 3.05) is 6.61 Å². The molecule has 0 heterocycles. The van der Waals surface area contributed by atoms with Crippen LogP contribution in [-0.4, -0.2) is 46.9 Å². The van der Waals surface area contributed by atoms with Gasteiger partial charge in [0.05, 0.1) is 25.2 Å². The summed E-state index contributed by atoms with van der Waals surface area (Å²) in [6.07, 6.45) is 64.0. The molecule has 0 saturated carbocycles. The largest absolute Gasteiger partial charge is 0.461 e. The van der Waals surface area contributed by atoms with Gasteiger partial charge in [-0.25, -0.2) is 0 Å². The molecule has 3 unspecified atom stereocenters. The highest BCUT2D eigenvalue weighted by Gasteiger charge is 2.23. The minimum absolute atomic E-state index is 0.00345. The fraction of sp³-hybridized carbons (Fsp3) is 0.754. The topological polar surface area (TPSA) is 95.9 Å². The molecular formula is C57H101NO5. The molecule has 6 nitrogen and oxygen atoms in total. The molecule has 3 N–H and O–H groups in total. The van der Waals surface area contributed by atoms with Gasteiger partial charge in [0.1, 0.15) is 6.10 Å². The van der Waals surface area contributed by atoms with Crippen molar-refractivity contribution in [3.63, 3.8) is 0 Å². The van der Waals surface area contributed by atoms with Crippen molar-refractivity contribution in [3.8, 4) is 0 Å². The van der Waals surface area contributed by atoms with E-state index in [9.17, 15) is 19.8 Å². The number of hydrogen-bond acceptors (Lipinski definition) is 5. The fourth-order valence-corrected chi connectivity index (χ4v) is 7.67. The van der Waals surface area contributed by atoms with Gasteiger partial charge in [0, 0.05) is 12.8 Å². The van der Waals surface area contributed by atoms with E-state index in [4.69, 9.17) is 4.74 Å². The molecule has 6 heteroatoms. The third-order valence-electron chi connectivity index (χ3n) is 11.8. The molecule has 0 bridgehead atoms. The highest BCUT2D eigenvalue weighted by Crippen LogP contribution is 2.16. The molecule has 0 aliphatic heterocycles. The van der Waals surface area contributed by atoms with Crippen LogP contribution in [0.4, 0.5) is 0 Å². The Hall–Kier alpha value is -2.70. The van der Waals surface area contributed by atoms with Crippen molar-refractivity contribution in [2.24, 2.45) is 0 Å². The molecule has 1 amide bonds. The fourth-order valence-electron chi connectivity index (χ4n) is 7.67. The molecule has 0 aliphatic carbocycles. The molecule has 0 aliphatic rings. The summed E-state index contributed by atoms with van der Waals surface area (Å²) in [5.74, 6) is -0.585. The van der Waals surface area contributed by atoms with Crippen LogP contribution >= 0.6 is 0 Å². The van der Waals surface area contributed by atoms with E-state index < -0.39 is 18.2 Å². The molecule has 0 spiro atoms. The lowest BCUT2D eigenvalue weighted by molar-refractivity contribution is -0.150. The second kappa shape index (κ2) is 50.3. The normalized spacial score (nSPS) is 13.8. The van der Waals surface area contributed by atoms with Gasteiger partial charge in [-0.05, 0) is 77.0 Å². The van der Waals surface area contributed by atoms with Crippen LogP contribution in [0.25, 0.3) is 0 Å². The molecule has 0 aromatic heterocycles. The predicted molar refractivity (Wildman–Crippen MR) is 273 cm³/mol. The number of aliphatic hydroxyl groups excluding tert-OH is 2. The van der Waals surface area contributed by atoms with E-state index in [0.717, 1.165) is 70.6 Å². The first-order chi connectivity index (χ1) is 31.0. The highest BCUT2D eigenvalue weighted by molar-refractivity contribution is 5.77. The van der Waals surface area contributed by atoms with Crippen molar-refractivity contribution in [1.29, 1.82) is 0 Å². The van der Waals surface area contributed by atoms with E-state index in [0.29, 0.717) is 19.3 Å². The van der Waals surface area contributed by atoms with Crippen LogP contribution in [0.2, 0.25) is 0 Å². The van der Waals surface area contributed by atoms with Crippen LogP contribution in [0.5, 0.6) is 0 Å². The van der Waals surface area contributed by atoms with E-state index in [2.05, 4.69) is 92.9 Å². The van der Waals surface area contributed by atoms with Gasteiger partial charge >= 0.3 is 5.97 Å². The third kappa shape index (κ3) is 45.7. The summed E-state index contributed by atoms with van der Waals surface area (Å²) in [6, 6.07) is -0.734. The molecule has 3 atom stereocenters. The second-order valence-electron chi connectivity index (χ2n) is 17.9. The van der Waals surface area contributed by atoms with Crippen LogP contribution < -0.4 is 5.32 Å². The number of amides is 1. The zero-order valence-corrected chi connectivity index (χ0v) is 41.4. The first kappa shape index (κ1) is 60.3. The Kier molecular flexibility index (Phi) is 48.1. The Bertz CT molecular complexity index is 1170. The summed E-state index contributed by atoms with van der Waals surface area (Å²) in [7, 11) is 0. The van der Waals surface area contributed by atoms with Crippen LogP contribution in [-0.2, 0) is 14.3 Å². The second-order valence-corrected chi connectivity index (χ2v) is 17.9. The smallest absolute Gasteiger partial charge is 0.306 e. The summed E-state index contributed by atoms with van der Waals surface area (Å²) in [5.41, 5.74) is 0. The van der Waals surface area contributed by atoms with E-state index in [1.165, 1.54) is 135 Å². The van der Waals surface area contributed by atoms with E-state index in [-0.39, 0.29) is 24.9 Å². The van der Waals surface area contributed by atoms with Crippen molar-refractivity contribution < 1.29 is 24.5 Å². The molecule has 0 fully saturated rings. The number of carbonyl (C=O) groups excluding carboxylic acids is 2. The highest BCUT2D eigenvalue weighted by atomic mass is 16.5. The Morgan fingerprint density at radius 1 is 0.476 bits per heavy atom. The molecular weight excluding hydrogens is 779 g/mol. The van der Waals surface area contributed by atoms with Gasteiger partial charge in [-0.1, -0.05) is 229 Å². The Labute approximate surface area is 390 Å². The van der Waals surface area contributed by atoms with E-state index >= 15 is 0 Å². The zero-order valence-electron chi connectivity index (χ0n) is 41.4. The average molecular weight is 880 g/mol. The van der Waals surface area contributed by atoms with Crippen molar-refractivity contribution in [1.82, 2.24) is 5.32 Å². The number of esters is 1. The summed E-state index contributed by atoms with van der Waals surface area (Å²) < 4.78 is 5.87. The lowest BCUT2D eigenvalue weighted by atomic mass is 10.0. The number of hydrogen-bond donors (Lipinski definition) is 3. The quantitative estimate of drug-likeness (QED) is 0.0321. The molecule has 63 heavy (non-hydrogen) atoms. The molecule has 0 aromatic rings. The van der Waals surface area contributed by atoms with Crippen LogP contribution in [0, 0.1) is 0 Å². The summed E-state index contributed by atoms with van der Waals surface area (Å²) in [4.78, 5) is 26.1. The average Bonchev–Trinajstić information content (AvgIpc) is 3.28. The van der Waals surface area contributed by atoms with Crippen LogP contribution in [0.15, 0.2) is 72.9 Å². The number of nitrogens with one attached hydrogen (secondary N) is 1. The zero-order chi connectivity index (χ0) is 45.9. The molecule has 0 rings (SSSR count). The summed E-state index contributed by atoms with van der Waals surface area (Å²) in [6.45, 7) is 6.40. The van der Waals surface area contributed by atoms with Crippen molar-refractivity contribution >= 4 is 11.9 Å². The Morgan fingerprint density at radius 3 is 1.30 bits per heavy atom. The standard InChI is InChI=1S/C57H101NO5/c1-4-7-10-13-16-19-22-25-27-28-30-32-35-38-41-44-47-50-57(62)63-53(48-45-42-39-36-33-31-29-26-23-20-17-14-11-8-5-2)51-56(61)58-54(52-59)55(60)49-46-43-40-37-34-24-21-18-15-12-9-6-3/h16-17,19-20,25-27,29,33,36,42,45,53-55,59-60H,4-15,18,21-24,28,30-32,34-35,37-41,43-44,46-52H2,1-3H3,(H,58,61)/b19-16-,20-17-,27-25-,29-26-,36-33-,45-42-.